The molecule has 0 radical (unpaired) electrons. The van der Waals surface area contributed by atoms with Crippen LogP contribution in [0.3, 0.4) is 0 Å². The van der Waals surface area contributed by atoms with Crippen LogP contribution in [0.25, 0.3) is 0 Å². The maximum atomic E-state index is 11.6. The predicted molar refractivity (Wildman–Crippen MR) is 70.4 cm³/mol. The molecule has 2 nitrogen and oxygen atoms in total. The molecular weight excluding hydrogens is 254 g/mol. The molecule has 0 saturated heterocycles. The van der Waals surface area contributed by atoms with E-state index in [1.54, 1.807) is 16.7 Å². The number of carbonyl (C=O) groups is 1. The SMILES string of the molecule is O=C(Cl)N1c2ccccc2Sc2ccccc21. The molecule has 4 heteroatoms. The van der Waals surface area contributed by atoms with Gasteiger partial charge in [-0.05, 0) is 35.9 Å². The van der Waals surface area contributed by atoms with Crippen molar-refractivity contribution in [1.29, 1.82) is 0 Å². The predicted octanol–water partition coefficient (Wildman–Crippen LogP) is 4.65. The molecule has 0 atom stereocenters. The van der Waals surface area contributed by atoms with Crippen LogP contribution in [0, 0.1) is 0 Å². The van der Waals surface area contributed by atoms with Crippen molar-refractivity contribution in [3.63, 3.8) is 0 Å². The lowest BCUT2D eigenvalue weighted by molar-refractivity contribution is 0.266. The Labute approximate surface area is 108 Å². The van der Waals surface area contributed by atoms with Crippen molar-refractivity contribution in [2.75, 3.05) is 4.90 Å². The number of carbonyl (C=O) groups excluding carboxylic acids is 1. The summed E-state index contributed by atoms with van der Waals surface area (Å²) in [6.07, 6.45) is 0. The largest absolute Gasteiger partial charge is 0.325 e. The molecule has 17 heavy (non-hydrogen) atoms. The van der Waals surface area contributed by atoms with Gasteiger partial charge >= 0.3 is 5.37 Å². The number of hydrogen-bond donors (Lipinski definition) is 0. The van der Waals surface area contributed by atoms with Crippen molar-refractivity contribution in [2.45, 2.75) is 9.79 Å². The van der Waals surface area contributed by atoms with Gasteiger partial charge in [-0.1, -0.05) is 36.0 Å². The van der Waals surface area contributed by atoms with Crippen LogP contribution in [0.2, 0.25) is 0 Å². The molecule has 2 aromatic carbocycles. The van der Waals surface area contributed by atoms with E-state index >= 15 is 0 Å². The second kappa shape index (κ2) is 4.09. The average Bonchev–Trinajstić information content (AvgIpc) is 2.35. The molecule has 0 N–H and O–H groups in total. The second-order valence-corrected chi connectivity index (χ2v) is 5.03. The summed E-state index contributed by atoms with van der Waals surface area (Å²) in [7, 11) is 0. The smallest absolute Gasteiger partial charge is 0.265 e. The van der Waals surface area contributed by atoms with E-state index in [0.29, 0.717) is 0 Å². The number of nitrogens with zero attached hydrogens (tertiary/aromatic N) is 1. The van der Waals surface area contributed by atoms with Gasteiger partial charge in [0, 0.05) is 9.79 Å². The number of halogens is 1. The summed E-state index contributed by atoms with van der Waals surface area (Å²) in [6.45, 7) is 0. The Morgan fingerprint density at radius 3 is 1.88 bits per heavy atom. The third-order valence-corrected chi connectivity index (χ3v) is 3.91. The minimum Gasteiger partial charge on any atom is -0.265 e. The van der Waals surface area contributed by atoms with Crippen molar-refractivity contribution in [2.24, 2.45) is 0 Å². The monoisotopic (exact) mass is 261 g/mol. The van der Waals surface area contributed by atoms with Crippen molar-refractivity contribution in [1.82, 2.24) is 0 Å². The third kappa shape index (κ3) is 1.72. The van der Waals surface area contributed by atoms with E-state index in [2.05, 4.69) is 0 Å². The van der Waals surface area contributed by atoms with Crippen LogP contribution >= 0.6 is 23.4 Å². The minimum absolute atomic E-state index is 0.481. The number of anilines is 2. The second-order valence-electron chi connectivity index (χ2n) is 3.63. The average molecular weight is 262 g/mol. The lowest BCUT2D eigenvalue weighted by Gasteiger charge is -2.28. The van der Waals surface area contributed by atoms with Gasteiger partial charge in [-0.25, -0.2) is 0 Å². The Morgan fingerprint density at radius 1 is 0.941 bits per heavy atom. The summed E-state index contributed by atoms with van der Waals surface area (Å²) in [5.74, 6) is 0. The summed E-state index contributed by atoms with van der Waals surface area (Å²) in [5.41, 5.74) is 1.69. The van der Waals surface area contributed by atoms with Crippen LogP contribution in [0.5, 0.6) is 0 Å². The standard InChI is InChI=1S/C13H8ClNOS/c14-13(16)15-9-5-1-3-7-11(9)17-12-8-4-2-6-10(12)15/h1-8H. The molecule has 0 spiro atoms. The van der Waals surface area contributed by atoms with Gasteiger partial charge in [0.15, 0.2) is 0 Å². The van der Waals surface area contributed by atoms with Crippen LogP contribution < -0.4 is 4.90 Å². The number of hydrogen-bond acceptors (Lipinski definition) is 2. The Balaban J connectivity index is 2.24. The van der Waals surface area contributed by atoms with Crippen LogP contribution in [0.1, 0.15) is 0 Å². The molecule has 1 heterocycles. The maximum absolute atomic E-state index is 11.6. The summed E-state index contributed by atoms with van der Waals surface area (Å²) in [5, 5.41) is -0.481. The number of fused-ring (bicyclic) bond motifs is 2. The van der Waals surface area contributed by atoms with Gasteiger partial charge in [0.05, 0.1) is 11.4 Å². The molecule has 3 rings (SSSR count). The van der Waals surface area contributed by atoms with E-state index in [-0.39, 0.29) is 0 Å². The summed E-state index contributed by atoms with van der Waals surface area (Å²) in [4.78, 5) is 15.2. The fraction of sp³-hybridized carbons (Fsp3) is 0. The van der Waals surface area contributed by atoms with Crippen molar-refractivity contribution < 1.29 is 4.79 Å². The highest BCUT2D eigenvalue weighted by molar-refractivity contribution is 7.99. The number of amides is 1. The molecule has 0 unspecified atom stereocenters. The molecule has 1 aliphatic heterocycles. The topological polar surface area (TPSA) is 20.3 Å². The fourth-order valence-electron chi connectivity index (χ4n) is 1.89. The Hall–Kier alpha value is -1.45. The van der Waals surface area contributed by atoms with E-state index < -0.39 is 5.37 Å². The van der Waals surface area contributed by atoms with Crippen LogP contribution in [0.15, 0.2) is 58.3 Å². The lowest BCUT2D eigenvalue weighted by atomic mass is 10.2. The summed E-state index contributed by atoms with van der Waals surface area (Å²) >= 11 is 7.34. The van der Waals surface area contributed by atoms with Gasteiger partial charge in [-0.2, -0.15) is 0 Å². The van der Waals surface area contributed by atoms with Crippen LogP contribution in [-0.4, -0.2) is 5.37 Å². The quantitative estimate of drug-likeness (QED) is 0.508. The van der Waals surface area contributed by atoms with Crippen molar-refractivity contribution in [3.8, 4) is 0 Å². The first-order chi connectivity index (χ1) is 8.27. The Kier molecular flexibility index (Phi) is 2.57. The number of rotatable bonds is 0. The number of para-hydroxylation sites is 2. The molecular formula is C13H8ClNOS. The van der Waals surface area contributed by atoms with E-state index in [0.717, 1.165) is 21.2 Å². The first-order valence-electron chi connectivity index (χ1n) is 5.13. The van der Waals surface area contributed by atoms with Gasteiger partial charge in [-0.3, -0.25) is 9.69 Å². The molecule has 0 aliphatic carbocycles. The third-order valence-electron chi connectivity index (χ3n) is 2.61. The molecule has 84 valence electrons. The molecule has 2 aromatic rings. The van der Waals surface area contributed by atoms with Crippen LogP contribution in [0.4, 0.5) is 16.2 Å². The maximum Gasteiger partial charge on any atom is 0.325 e. The molecule has 0 saturated carbocycles. The highest BCUT2D eigenvalue weighted by Gasteiger charge is 2.26. The van der Waals surface area contributed by atoms with E-state index in [9.17, 15) is 4.79 Å². The summed E-state index contributed by atoms with van der Waals surface area (Å²) < 4.78 is 0. The molecule has 0 bridgehead atoms. The van der Waals surface area contributed by atoms with Gasteiger partial charge in [0.25, 0.3) is 0 Å². The fourth-order valence-corrected chi connectivity index (χ4v) is 3.13. The Bertz CT molecular complexity index is 554. The minimum atomic E-state index is -0.481. The highest BCUT2D eigenvalue weighted by Crippen LogP contribution is 2.48. The van der Waals surface area contributed by atoms with Crippen molar-refractivity contribution >= 4 is 40.1 Å². The molecule has 1 aliphatic rings. The van der Waals surface area contributed by atoms with Gasteiger partial charge in [-0.15, -0.1) is 0 Å². The van der Waals surface area contributed by atoms with Crippen molar-refractivity contribution in [3.05, 3.63) is 48.5 Å². The first-order valence-corrected chi connectivity index (χ1v) is 6.32. The summed E-state index contributed by atoms with van der Waals surface area (Å²) in [6, 6.07) is 15.5. The zero-order chi connectivity index (χ0) is 11.8. The van der Waals surface area contributed by atoms with Gasteiger partial charge in [0.1, 0.15) is 0 Å². The normalized spacial score (nSPS) is 12.9. The van der Waals surface area contributed by atoms with E-state index in [1.807, 2.05) is 48.5 Å². The highest BCUT2D eigenvalue weighted by atomic mass is 35.5. The van der Waals surface area contributed by atoms with Gasteiger partial charge in [0.2, 0.25) is 0 Å². The lowest BCUT2D eigenvalue weighted by Crippen LogP contribution is -2.22. The zero-order valence-corrected chi connectivity index (χ0v) is 10.3. The van der Waals surface area contributed by atoms with E-state index in [4.69, 9.17) is 11.6 Å². The zero-order valence-electron chi connectivity index (χ0n) is 8.76. The molecule has 1 amide bonds. The van der Waals surface area contributed by atoms with E-state index in [1.165, 1.54) is 0 Å². The number of benzene rings is 2. The first kappa shape index (κ1) is 10.7. The molecule has 0 aromatic heterocycles. The molecule has 0 fully saturated rings. The van der Waals surface area contributed by atoms with Crippen LogP contribution in [-0.2, 0) is 0 Å². The van der Waals surface area contributed by atoms with Gasteiger partial charge < -0.3 is 0 Å². The Morgan fingerprint density at radius 2 is 1.41 bits per heavy atom.